The molecule has 0 bridgehead atoms. The first-order chi connectivity index (χ1) is 12.8. The third kappa shape index (κ3) is 4.18. The number of aromatic amines is 1. The Bertz CT molecular complexity index is 701. The maximum Gasteiger partial charge on any atom is 0.169 e. The molecule has 2 aliphatic rings. The fourth-order valence-electron chi connectivity index (χ4n) is 4.12. The molecule has 1 aromatic carbocycles. The first kappa shape index (κ1) is 17.7. The van der Waals surface area contributed by atoms with Gasteiger partial charge in [-0.3, -0.25) is 0 Å². The van der Waals surface area contributed by atoms with Gasteiger partial charge in [0.2, 0.25) is 0 Å². The molecule has 6 heteroatoms. The predicted molar refractivity (Wildman–Crippen MR) is 108 cm³/mol. The van der Waals surface area contributed by atoms with Crippen LogP contribution in [0.5, 0.6) is 0 Å². The van der Waals surface area contributed by atoms with Crippen LogP contribution in [0.3, 0.4) is 0 Å². The molecule has 2 fully saturated rings. The van der Waals surface area contributed by atoms with Gasteiger partial charge in [-0.25, -0.2) is 4.98 Å². The van der Waals surface area contributed by atoms with Crippen molar-refractivity contribution in [2.45, 2.75) is 57.1 Å². The van der Waals surface area contributed by atoms with Gasteiger partial charge >= 0.3 is 0 Å². The molecule has 0 radical (unpaired) electrons. The first-order valence-corrected chi connectivity index (χ1v) is 10.3. The van der Waals surface area contributed by atoms with Gasteiger partial charge in [0.1, 0.15) is 5.82 Å². The van der Waals surface area contributed by atoms with E-state index in [4.69, 9.17) is 21.9 Å². The second-order valence-electron chi connectivity index (χ2n) is 7.40. The predicted octanol–water partition coefficient (Wildman–Crippen LogP) is 3.40. The monoisotopic (exact) mass is 372 g/mol. The molecule has 2 aromatic rings. The maximum absolute atomic E-state index is 5.76. The van der Waals surface area contributed by atoms with E-state index in [0.29, 0.717) is 12.1 Å². The van der Waals surface area contributed by atoms with Gasteiger partial charge in [0, 0.05) is 32.2 Å². The molecule has 26 heavy (non-hydrogen) atoms. The van der Waals surface area contributed by atoms with Crippen LogP contribution >= 0.6 is 12.2 Å². The smallest absolute Gasteiger partial charge is 0.169 e. The Kier molecular flexibility index (Phi) is 5.70. The highest BCUT2D eigenvalue weighted by atomic mass is 32.1. The standard InChI is InChI=1S/C20H28N4OS/c26-20(21-14-16-8-5-13-25-16)24(15-6-1-2-7-15)12-11-19-22-17-9-3-4-10-18(17)23-19/h3-4,9-10,15-16H,1-2,5-8,11-14H2,(H,21,26)(H,22,23). The Morgan fingerprint density at radius 3 is 2.85 bits per heavy atom. The van der Waals surface area contributed by atoms with Crippen LogP contribution in [0, 0.1) is 0 Å². The van der Waals surface area contributed by atoms with Gasteiger partial charge in [-0.2, -0.15) is 0 Å². The lowest BCUT2D eigenvalue weighted by molar-refractivity contribution is 0.113. The van der Waals surface area contributed by atoms with E-state index in [1.54, 1.807) is 0 Å². The minimum atomic E-state index is 0.314. The summed E-state index contributed by atoms with van der Waals surface area (Å²) in [4.78, 5) is 10.5. The molecule has 4 rings (SSSR count). The van der Waals surface area contributed by atoms with Crippen LogP contribution in [-0.4, -0.2) is 51.8 Å². The van der Waals surface area contributed by atoms with E-state index in [-0.39, 0.29) is 0 Å². The minimum absolute atomic E-state index is 0.314. The Morgan fingerprint density at radius 2 is 2.08 bits per heavy atom. The molecule has 1 aliphatic carbocycles. The number of ether oxygens (including phenoxy) is 1. The summed E-state index contributed by atoms with van der Waals surface area (Å²) in [6.07, 6.45) is 8.58. The fourth-order valence-corrected chi connectivity index (χ4v) is 4.45. The lowest BCUT2D eigenvalue weighted by atomic mass is 10.2. The number of benzene rings is 1. The lowest BCUT2D eigenvalue weighted by Gasteiger charge is -2.32. The van der Waals surface area contributed by atoms with Gasteiger partial charge in [-0.05, 0) is 50.0 Å². The van der Waals surface area contributed by atoms with E-state index in [0.717, 1.165) is 60.9 Å². The van der Waals surface area contributed by atoms with Gasteiger partial charge in [0.15, 0.2) is 5.11 Å². The zero-order valence-electron chi connectivity index (χ0n) is 15.2. The van der Waals surface area contributed by atoms with Gasteiger partial charge in [-0.1, -0.05) is 25.0 Å². The summed E-state index contributed by atoms with van der Waals surface area (Å²) in [6.45, 7) is 2.62. The molecule has 5 nitrogen and oxygen atoms in total. The van der Waals surface area contributed by atoms with Gasteiger partial charge in [0.05, 0.1) is 17.1 Å². The number of H-pyrrole nitrogens is 1. The second-order valence-corrected chi connectivity index (χ2v) is 7.79. The summed E-state index contributed by atoms with van der Waals surface area (Å²) in [5.41, 5.74) is 2.14. The van der Waals surface area contributed by atoms with Crippen molar-refractivity contribution in [1.29, 1.82) is 0 Å². The Labute approximate surface area is 160 Å². The average molecular weight is 373 g/mol. The van der Waals surface area contributed by atoms with E-state index in [9.17, 15) is 0 Å². The van der Waals surface area contributed by atoms with Crippen molar-refractivity contribution in [3.63, 3.8) is 0 Å². The number of nitrogens with one attached hydrogen (secondary N) is 2. The highest BCUT2D eigenvalue weighted by Crippen LogP contribution is 2.24. The minimum Gasteiger partial charge on any atom is -0.376 e. The van der Waals surface area contributed by atoms with Crippen LogP contribution in [0.15, 0.2) is 24.3 Å². The van der Waals surface area contributed by atoms with Crippen molar-refractivity contribution < 1.29 is 4.74 Å². The number of hydrogen-bond acceptors (Lipinski definition) is 3. The van der Waals surface area contributed by atoms with Gasteiger partial charge < -0.3 is 19.9 Å². The van der Waals surface area contributed by atoms with Crippen LogP contribution < -0.4 is 5.32 Å². The number of hydrogen-bond donors (Lipinski definition) is 2. The molecule has 2 heterocycles. The van der Waals surface area contributed by atoms with Crippen LogP contribution in [0.4, 0.5) is 0 Å². The summed E-state index contributed by atoms with van der Waals surface area (Å²) in [6, 6.07) is 8.76. The number of para-hydroxylation sites is 2. The molecule has 1 saturated carbocycles. The summed E-state index contributed by atoms with van der Waals surface area (Å²) in [7, 11) is 0. The van der Waals surface area contributed by atoms with Crippen molar-refractivity contribution in [2.75, 3.05) is 19.7 Å². The quantitative estimate of drug-likeness (QED) is 0.761. The summed E-state index contributed by atoms with van der Waals surface area (Å²) >= 11 is 5.76. The number of imidazole rings is 1. The third-order valence-electron chi connectivity index (χ3n) is 5.56. The van der Waals surface area contributed by atoms with E-state index >= 15 is 0 Å². The first-order valence-electron chi connectivity index (χ1n) is 9.89. The number of rotatable bonds is 6. The highest BCUT2D eigenvalue weighted by Gasteiger charge is 2.25. The molecular formula is C20H28N4OS. The van der Waals surface area contributed by atoms with Crippen LogP contribution in [-0.2, 0) is 11.2 Å². The molecule has 0 spiro atoms. The van der Waals surface area contributed by atoms with E-state index in [2.05, 4.69) is 27.3 Å². The van der Waals surface area contributed by atoms with Crippen LogP contribution in [0.1, 0.15) is 44.3 Å². The second kappa shape index (κ2) is 8.35. The van der Waals surface area contributed by atoms with Crippen molar-refractivity contribution in [2.24, 2.45) is 0 Å². The molecule has 140 valence electrons. The molecule has 1 saturated heterocycles. The van der Waals surface area contributed by atoms with Gasteiger partial charge in [-0.15, -0.1) is 0 Å². The summed E-state index contributed by atoms with van der Waals surface area (Å²) < 4.78 is 5.72. The average Bonchev–Trinajstić information content (AvgIpc) is 3.40. The summed E-state index contributed by atoms with van der Waals surface area (Å²) in [5.74, 6) is 1.04. The molecular weight excluding hydrogens is 344 g/mol. The molecule has 1 atom stereocenters. The third-order valence-corrected chi connectivity index (χ3v) is 5.94. The van der Waals surface area contributed by atoms with Crippen LogP contribution in [0.25, 0.3) is 11.0 Å². The van der Waals surface area contributed by atoms with Crippen molar-refractivity contribution >= 4 is 28.4 Å². The van der Waals surface area contributed by atoms with E-state index in [1.807, 2.05) is 12.1 Å². The van der Waals surface area contributed by atoms with E-state index in [1.165, 1.54) is 25.7 Å². The lowest BCUT2D eigenvalue weighted by Crippen LogP contribution is -2.47. The molecule has 1 aliphatic heterocycles. The number of aromatic nitrogens is 2. The topological polar surface area (TPSA) is 53.2 Å². The van der Waals surface area contributed by atoms with Gasteiger partial charge in [0.25, 0.3) is 0 Å². The maximum atomic E-state index is 5.76. The normalized spacial score (nSPS) is 20.7. The highest BCUT2D eigenvalue weighted by molar-refractivity contribution is 7.80. The molecule has 1 aromatic heterocycles. The Balaban J connectivity index is 1.38. The number of fused-ring (bicyclic) bond motifs is 1. The van der Waals surface area contributed by atoms with E-state index < -0.39 is 0 Å². The zero-order valence-corrected chi connectivity index (χ0v) is 16.1. The van der Waals surface area contributed by atoms with Crippen molar-refractivity contribution in [1.82, 2.24) is 20.2 Å². The van der Waals surface area contributed by atoms with Crippen molar-refractivity contribution in [3.8, 4) is 0 Å². The number of nitrogens with zero attached hydrogens (tertiary/aromatic N) is 2. The largest absolute Gasteiger partial charge is 0.376 e. The molecule has 0 amide bonds. The van der Waals surface area contributed by atoms with Crippen LogP contribution in [0.2, 0.25) is 0 Å². The zero-order chi connectivity index (χ0) is 17.8. The van der Waals surface area contributed by atoms with Crippen molar-refractivity contribution in [3.05, 3.63) is 30.1 Å². The molecule has 1 unspecified atom stereocenters. The Morgan fingerprint density at radius 1 is 1.23 bits per heavy atom. The Hall–Kier alpha value is -1.66. The summed E-state index contributed by atoms with van der Waals surface area (Å²) in [5, 5.41) is 4.34. The molecule has 2 N–H and O–H groups in total. The SMILES string of the molecule is S=C(NCC1CCCO1)N(CCc1nc2ccccc2[nH]1)C1CCCC1. The fraction of sp³-hybridized carbons (Fsp3) is 0.600. The number of thiocarbonyl (C=S) groups is 1.